The number of thiophene rings is 1. The molecule has 0 fully saturated rings. The number of carboxylic acids is 1. The second-order valence-electron chi connectivity index (χ2n) is 3.77. The monoisotopic (exact) mass is 275 g/mol. The van der Waals surface area contributed by atoms with Crippen LogP contribution in [0, 0.1) is 0 Å². The van der Waals surface area contributed by atoms with Crippen LogP contribution >= 0.6 is 11.3 Å². The third kappa shape index (κ3) is 2.27. The summed E-state index contributed by atoms with van der Waals surface area (Å²) in [6.45, 7) is 0.209. The molecule has 3 aromatic rings. The molecule has 0 atom stereocenters. The van der Waals surface area contributed by atoms with Crippen LogP contribution in [0.4, 0.5) is 0 Å². The highest BCUT2D eigenvalue weighted by atomic mass is 32.1. The highest BCUT2D eigenvalue weighted by Gasteiger charge is 2.13. The lowest BCUT2D eigenvalue weighted by Gasteiger charge is -2.02. The van der Waals surface area contributed by atoms with Gasteiger partial charge in [-0.25, -0.2) is 14.8 Å². The molecule has 0 aliphatic rings. The Hall–Kier alpha value is -2.41. The van der Waals surface area contributed by atoms with Crippen LogP contribution in [0.5, 0.6) is 5.75 Å². The van der Waals surface area contributed by atoms with E-state index in [0.29, 0.717) is 17.2 Å². The number of hydrogen-bond donors (Lipinski definition) is 1. The van der Waals surface area contributed by atoms with Crippen LogP contribution in [0.15, 0.2) is 36.1 Å². The molecule has 0 radical (unpaired) electrons. The van der Waals surface area contributed by atoms with Crippen LogP contribution in [-0.4, -0.2) is 25.4 Å². The van der Waals surface area contributed by atoms with Crippen molar-refractivity contribution in [1.29, 1.82) is 0 Å². The molecule has 0 aliphatic carbocycles. The average Bonchev–Trinajstić information content (AvgIpc) is 3.02. The summed E-state index contributed by atoms with van der Waals surface area (Å²) < 4.78 is 7.26. The smallest absolute Gasteiger partial charge is 0.349 e. The second kappa shape index (κ2) is 4.69. The van der Waals surface area contributed by atoms with Gasteiger partial charge >= 0.3 is 5.97 Å². The van der Waals surface area contributed by atoms with E-state index in [-0.39, 0.29) is 11.5 Å². The minimum absolute atomic E-state index is 0.196. The number of hydrogen-bond acceptors (Lipinski definition) is 5. The van der Waals surface area contributed by atoms with Crippen molar-refractivity contribution in [3.8, 4) is 5.75 Å². The molecule has 0 amide bonds. The van der Waals surface area contributed by atoms with E-state index in [2.05, 4.69) is 9.97 Å². The molecule has 0 saturated heterocycles. The van der Waals surface area contributed by atoms with E-state index in [4.69, 9.17) is 9.84 Å². The molecule has 3 rings (SSSR count). The van der Waals surface area contributed by atoms with E-state index < -0.39 is 5.97 Å². The number of carboxylic acid groups (broad SMARTS) is 1. The minimum atomic E-state index is -0.985. The maximum absolute atomic E-state index is 10.9. The Labute approximate surface area is 111 Å². The number of rotatable bonds is 4. The SMILES string of the molecule is O=C(O)c1sccc1OCc1cn2cccnc2n1. The standard InChI is InChI=1S/C12H9N3O3S/c16-11(17)10-9(2-5-19-10)18-7-8-6-15-4-1-3-13-12(15)14-8/h1-6H,7H2,(H,16,17). The molecule has 1 N–H and O–H groups in total. The maximum Gasteiger partial charge on any atom is 0.349 e. The van der Waals surface area contributed by atoms with Gasteiger partial charge in [-0.2, -0.15) is 0 Å². The van der Waals surface area contributed by atoms with Crippen molar-refractivity contribution >= 4 is 23.1 Å². The van der Waals surface area contributed by atoms with Crippen molar-refractivity contribution in [1.82, 2.24) is 14.4 Å². The first kappa shape index (κ1) is 11.7. The van der Waals surface area contributed by atoms with E-state index >= 15 is 0 Å². The second-order valence-corrected chi connectivity index (χ2v) is 4.68. The van der Waals surface area contributed by atoms with Gasteiger partial charge in [0.05, 0.1) is 5.69 Å². The minimum Gasteiger partial charge on any atom is -0.485 e. The Balaban J connectivity index is 1.78. The molecule has 0 spiro atoms. The van der Waals surface area contributed by atoms with Crippen molar-refractivity contribution in [2.24, 2.45) is 0 Å². The first-order chi connectivity index (χ1) is 9.24. The van der Waals surface area contributed by atoms with Crippen molar-refractivity contribution in [2.45, 2.75) is 6.61 Å². The lowest BCUT2D eigenvalue weighted by molar-refractivity contribution is 0.0697. The summed E-state index contributed by atoms with van der Waals surface area (Å²) in [4.78, 5) is 19.5. The van der Waals surface area contributed by atoms with Gasteiger partial charge in [0.25, 0.3) is 0 Å². The topological polar surface area (TPSA) is 76.7 Å². The zero-order valence-electron chi connectivity index (χ0n) is 9.68. The number of imidazole rings is 1. The summed E-state index contributed by atoms with van der Waals surface area (Å²) in [6.07, 6.45) is 5.30. The van der Waals surface area contributed by atoms with Gasteiger partial charge in [0.2, 0.25) is 5.78 Å². The Kier molecular flexibility index (Phi) is 2.88. The first-order valence-electron chi connectivity index (χ1n) is 5.46. The largest absolute Gasteiger partial charge is 0.485 e. The van der Waals surface area contributed by atoms with Crippen molar-refractivity contribution in [2.75, 3.05) is 0 Å². The van der Waals surface area contributed by atoms with Crippen LogP contribution in [-0.2, 0) is 6.61 Å². The molecule has 3 aromatic heterocycles. The zero-order chi connectivity index (χ0) is 13.2. The van der Waals surface area contributed by atoms with Gasteiger partial charge in [-0.3, -0.25) is 4.40 Å². The summed E-state index contributed by atoms with van der Waals surface area (Å²) in [7, 11) is 0. The Morgan fingerprint density at radius 2 is 2.42 bits per heavy atom. The van der Waals surface area contributed by atoms with Gasteiger partial charge in [-0.15, -0.1) is 11.3 Å². The fraction of sp³-hybridized carbons (Fsp3) is 0.0833. The summed E-state index contributed by atoms with van der Waals surface area (Å²) >= 11 is 1.14. The molecular formula is C12H9N3O3S. The number of carbonyl (C=O) groups is 1. The molecule has 0 aliphatic heterocycles. The molecule has 19 heavy (non-hydrogen) atoms. The lowest BCUT2D eigenvalue weighted by atomic mass is 10.4. The van der Waals surface area contributed by atoms with E-state index in [1.54, 1.807) is 34.3 Å². The average molecular weight is 275 g/mol. The van der Waals surface area contributed by atoms with Crippen LogP contribution < -0.4 is 4.74 Å². The fourth-order valence-corrected chi connectivity index (χ4v) is 2.34. The Morgan fingerprint density at radius 3 is 3.21 bits per heavy atom. The molecule has 0 unspecified atom stereocenters. The zero-order valence-corrected chi connectivity index (χ0v) is 10.5. The number of nitrogens with zero attached hydrogens (tertiary/aromatic N) is 3. The highest BCUT2D eigenvalue weighted by molar-refractivity contribution is 7.12. The van der Waals surface area contributed by atoms with Crippen molar-refractivity contribution in [3.05, 3.63) is 46.7 Å². The normalized spacial score (nSPS) is 10.7. The maximum atomic E-state index is 10.9. The lowest BCUT2D eigenvalue weighted by Crippen LogP contribution is -2.00. The van der Waals surface area contributed by atoms with E-state index in [0.717, 1.165) is 11.3 Å². The van der Waals surface area contributed by atoms with E-state index in [9.17, 15) is 4.79 Å². The number of ether oxygens (including phenoxy) is 1. The summed E-state index contributed by atoms with van der Waals surface area (Å²) in [5.41, 5.74) is 0.696. The Morgan fingerprint density at radius 1 is 1.53 bits per heavy atom. The predicted octanol–water partition coefficient (Wildman–Crippen LogP) is 2.07. The summed E-state index contributed by atoms with van der Waals surface area (Å²) in [5.74, 6) is -0.0333. The van der Waals surface area contributed by atoms with Gasteiger partial charge in [0.15, 0.2) is 4.88 Å². The van der Waals surface area contributed by atoms with Gasteiger partial charge in [0, 0.05) is 18.6 Å². The van der Waals surface area contributed by atoms with Crippen LogP contribution in [0.3, 0.4) is 0 Å². The molecule has 3 heterocycles. The van der Waals surface area contributed by atoms with Gasteiger partial charge in [0.1, 0.15) is 12.4 Å². The first-order valence-corrected chi connectivity index (χ1v) is 6.34. The molecular weight excluding hydrogens is 266 g/mol. The Bertz CT molecular complexity index is 701. The number of aromatic carboxylic acids is 1. The third-order valence-corrected chi connectivity index (χ3v) is 3.37. The number of aromatic nitrogens is 3. The van der Waals surface area contributed by atoms with Gasteiger partial charge in [-0.1, -0.05) is 0 Å². The van der Waals surface area contributed by atoms with Crippen molar-refractivity contribution in [3.63, 3.8) is 0 Å². The van der Waals surface area contributed by atoms with Crippen LogP contribution in [0.25, 0.3) is 5.78 Å². The fourth-order valence-electron chi connectivity index (χ4n) is 1.67. The van der Waals surface area contributed by atoms with Gasteiger partial charge in [-0.05, 0) is 17.5 Å². The molecule has 0 bridgehead atoms. The van der Waals surface area contributed by atoms with E-state index in [1.807, 2.05) is 6.20 Å². The molecule has 0 saturated carbocycles. The van der Waals surface area contributed by atoms with Crippen LogP contribution in [0.2, 0.25) is 0 Å². The predicted molar refractivity (Wildman–Crippen MR) is 68.6 cm³/mol. The molecule has 7 heteroatoms. The molecule has 96 valence electrons. The van der Waals surface area contributed by atoms with E-state index in [1.165, 1.54) is 0 Å². The van der Waals surface area contributed by atoms with Crippen molar-refractivity contribution < 1.29 is 14.6 Å². The highest BCUT2D eigenvalue weighted by Crippen LogP contribution is 2.25. The summed E-state index contributed by atoms with van der Waals surface area (Å²) in [6, 6.07) is 3.45. The third-order valence-electron chi connectivity index (χ3n) is 2.48. The summed E-state index contributed by atoms with van der Waals surface area (Å²) in [5, 5.41) is 10.7. The van der Waals surface area contributed by atoms with Gasteiger partial charge < -0.3 is 9.84 Å². The molecule has 0 aromatic carbocycles. The quantitative estimate of drug-likeness (QED) is 0.788. The van der Waals surface area contributed by atoms with Crippen LogP contribution in [0.1, 0.15) is 15.4 Å². The number of fused-ring (bicyclic) bond motifs is 1. The molecule has 6 nitrogen and oxygen atoms in total.